The Kier molecular flexibility index (Phi) is 7.52. The van der Waals surface area contributed by atoms with E-state index in [-0.39, 0.29) is 6.04 Å². The van der Waals surface area contributed by atoms with E-state index >= 15 is 0 Å². The van der Waals surface area contributed by atoms with Crippen molar-refractivity contribution in [2.45, 2.75) is 89.8 Å². The van der Waals surface area contributed by atoms with Crippen molar-refractivity contribution in [3.63, 3.8) is 0 Å². The Morgan fingerprint density at radius 2 is 1.90 bits per heavy atom. The number of ether oxygens (including phenoxy) is 1. The van der Waals surface area contributed by atoms with E-state index < -0.39 is 11.5 Å². The van der Waals surface area contributed by atoms with E-state index in [1.807, 2.05) is 13.8 Å². The van der Waals surface area contributed by atoms with Crippen molar-refractivity contribution in [1.82, 2.24) is 5.32 Å². The fraction of sp³-hybridized carbons (Fsp3) is 0.938. The van der Waals surface area contributed by atoms with Gasteiger partial charge in [0.1, 0.15) is 5.54 Å². The van der Waals surface area contributed by atoms with Gasteiger partial charge >= 0.3 is 5.97 Å². The number of aliphatic carboxylic acids is 1. The first kappa shape index (κ1) is 17.4. The Bertz CT molecular complexity index is 285. The van der Waals surface area contributed by atoms with Crippen molar-refractivity contribution in [2.24, 2.45) is 0 Å². The number of carboxylic acids is 1. The maximum Gasteiger partial charge on any atom is 0.323 e. The highest BCUT2D eigenvalue weighted by molar-refractivity contribution is 5.78. The second-order valence-electron chi connectivity index (χ2n) is 6.52. The molecule has 1 unspecified atom stereocenters. The van der Waals surface area contributed by atoms with Crippen LogP contribution in [0.2, 0.25) is 0 Å². The van der Waals surface area contributed by atoms with Gasteiger partial charge in [0.15, 0.2) is 0 Å². The quantitative estimate of drug-likeness (QED) is 0.530. The summed E-state index contributed by atoms with van der Waals surface area (Å²) in [5, 5.41) is 12.5. The molecule has 2 N–H and O–H groups in total. The SMILES string of the molecule is CC(C)NC(C)(CCCOC1CCCCCC1)C(=O)O. The molecule has 0 bridgehead atoms. The normalized spacial score (nSPS) is 20.6. The lowest BCUT2D eigenvalue weighted by Gasteiger charge is -2.29. The van der Waals surface area contributed by atoms with Gasteiger partial charge in [0.05, 0.1) is 6.10 Å². The molecule has 1 atom stereocenters. The van der Waals surface area contributed by atoms with E-state index in [2.05, 4.69) is 5.32 Å². The topological polar surface area (TPSA) is 58.6 Å². The fourth-order valence-corrected chi connectivity index (χ4v) is 2.96. The van der Waals surface area contributed by atoms with E-state index in [1.165, 1.54) is 38.5 Å². The highest BCUT2D eigenvalue weighted by Crippen LogP contribution is 2.21. The molecule has 1 fully saturated rings. The molecule has 1 saturated carbocycles. The average molecular weight is 285 g/mol. The minimum Gasteiger partial charge on any atom is -0.480 e. The molecule has 4 nitrogen and oxygen atoms in total. The van der Waals surface area contributed by atoms with Crippen LogP contribution in [0.5, 0.6) is 0 Å². The standard InChI is InChI=1S/C16H31NO3/c1-13(2)17-16(3,15(18)19)11-8-12-20-14-9-6-4-5-7-10-14/h13-14,17H,4-12H2,1-3H3,(H,18,19). The van der Waals surface area contributed by atoms with Gasteiger partial charge < -0.3 is 9.84 Å². The molecular formula is C16H31NO3. The molecule has 0 aliphatic heterocycles. The van der Waals surface area contributed by atoms with Crippen LogP contribution < -0.4 is 5.32 Å². The number of hydrogen-bond acceptors (Lipinski definition) is 3. The highest BCUT2D eigenvalue weighted by atomic mass is 16.5. The monoisotopic (exact) mass is 285 g/mol. The first-order valence-electron chi connectivity index (χ1n) is 8.07. The first-order chi connectivity index (χ1) is 9.44. The molecule has 1 rings (SSSR count). The van der Waals surface area contributed by atoms with Crippen molar-refractivity contribution in [1.29, 1.82) is 0 Å². The predicted octanol–water partition coefficient (Wildman–Crippen LogP) is 3.35. The summed E-state index contributed by atoms with van der Waals surface area (Å²) < 4.78 is 5.92. The van der Waals surface area contributed by atoms with Crippen LogP contribution in [0.1, 0.15) is 72.1 Å². The smallest absolute Gasteiger partial charge is 0.323 e. The van der Waals surface area contributed by atoms with Crippen LogP contribution in [-0.2, 0) is 9.53 Å². The van der Waals surface area contributed by atoms with Gasteiger partial charge in [-0.15, -0.1) is 0 Å². The summed E-state index contributed by atoms with van der Waals surface area (Å²) in [6, 6.07) is 0.166. The number of rotatable bonds is 8. The van der Waals surface area contributed by atoms with E-state index in [1.54, 1.807) is 6.92 Å². The molecule has 4 heteroatoms. The predicted molar refractivity (Wildman–Crippen MR) is 81.0 cm³/mol. The summed E-state index contributed by atoms with van der Waals surface area (Å²) in [5.74, 6) is -0.777. The van der Waals surface area contributed by atoms with Crippen LogP contribution in [0.15, 0.2) is 0 Å². The molecule has 1 aliphatic carbocycles. The molecular weight excluding hydrogens is 254 g/mol. The summed E-state index contributed by atoms with van der Waals surface area (Å²) in [5.41, 5.74) is -0.846. The molecule has 0 saturated heterocycles. The lowest BCUT2D eigenvalue weighted by Crippen LogP contribution is -2.52. The zero-order chi connectivity index (χ0) is 15.0. The van der Waals surface area contributed by atoms with Gasteiger partial charge in [0.25, 0.3) is 0 Å². The Morgan fingerprint density at radius 1 is 1.30 bits per heavy atom. The second kappa shape index (κ2) is 8.63. The maximum absolute atomic E-state index is 11.4. The summed E-state index contributed by atoms with van der Waals surface area (Å²) >= 11 is 0. The molecule has 20 heavy (non-hydrogen) atoms. The van der Waals surface area contributed by atoms with Crippen LogP contribution in [0.25, 0.3) is 0 Å². The Labute approximate surface area is 123 Å². The van der Waals surface area contributed by atoms with Gasteiger partial charge in [-0.3, -0.25) is 10.1 Å². The lowest BCUT2D eigenvalue weighted by atomic mass is 9.95. The molecule has 0 spiro atoms. The zero-order valence-corrected chi connectivity index (χ0v) is 13.3. The van der Waals surface area contributed by atoms with Crippen molar-refractivity contribution in [3.8, 4) is 0 Å². The highest BCUT2D eigenvalue weighted by Gasteiger charge is 2.32. The zero-order valence-electron chi connectivity index (χ0n) is 13.3. The maximum atomic E-state index is 11.4. The van der Waals surface area contributed by atoms with Crippen molar-refractivity contribution in [2.75, 3.05) is 6.61 Å². The molecule has 0 radical (unpaired) electrons. The largest absolute Gasteiger partial charge is 0.480 e. The van der Waals surface area contributed by atoms with E-state index in [0.717, 1.165) is 6.42 Å². The van der Waals surface area contributed by atoms with Crippen molar-refractivity contribution in [3.05, 3.63) is 0 Å². The molecule has 1 aliphatic rings. The van der Waals surface area contributed by atoms with Gasteiger partial charge in [-0.2, -0.15) is 0 Å². The minimum atomic E-state index is -0.846. The number of carbonyl (C=O) groups is 1. The van der Waals surface area contributed by atoms with Gasteiger partial charge in [-0.1, -0.05) is 25.7 Å². The van der Waals surface area contributed by atoms with Crippen LogP contribution in [0, 0.1) is 0 Å². The number of hydrogen-bond donors (Lipinski definition) is 2. The van der Waals surface area contributed by atoms with Crippen LogP contribution in [-0.4, -0.2) is 35.4 Å². The molecule has 0 aromatic carbocycles. The second-order valence-corrected chi connectivity index (χ2v) is 6.52. The van der Waals surface area contributed by atoms with Crippen LogP contribution in [0.4, 0.5) is 0 Å². The van der Waals surface area contributed by atoms with Crippen molar-refractivity contribution >= 4 is 5.97 Å². The Balaban J connectivity index is 2.28. The van der Waals surface area contributed by atoms with E-state index in [0.29, 0.717) is 19.1 Å². The van der Waals surface area contributed by atoms with Gasteiger partial charge in [-0.25, -0.2) is 0 Å². The van der Waals surface area contributed by atoms with Gasteiger partial charge in [0.2, 0.25) is 0 Å². The summed E-state index contributed by atoms with van der Waals surface area (Å²) in [6.45, 7) is 6.39. The lowest BCUT2D eigenvalue weighted by molar-refractivity contribution is -0.145. The minimum absolute atomic E-state index is 0.166. The molecule has 118 valence electrons. The summed E-state index contributed by atoms with van der Waals surface area (Å²) in [6.07, 6.45) is 9.32. The Morgan fingerprint density at radius 3 is 2.40 bits per heavy atom. The number of carboxylic acid groups (broad SMARTS) is 1. The third-order valence-electron chi connectivity index (χ3n) is 4.06. The van der Waals surface area contributed by atoms with E-state index in [9.17, 15) is 9.90 Å². The van der Waals surface area contributed by atoms with Crippen LogP contribution in [0.3, 0.4) is 0 Å². The van der Waals surface area contributed by atoms with E-state index in [4.69, 9.17) is 4.74 Å². The third-order valence-corrected chi connectivity index (χ3v) is 4.06. The third kappa shape index (κ3) is 6.23. The molecule has 0 heterocycles. The number of nitrogens with one attached hydrogen (secondary N) is 1. The summed E-state index contributed by atoms with van der Waals surface area (Å²) in [4.78, 5) is 11.4. The fourth-order valence-electron chi connectivity index (χ4n) is 2.96. The average Bonchev–Trinajstić information content (AvgIpc) is 2.62. The van der Waals surface area contributed by atoms with Gasteiger partial charge in [-0.05, 0) is 46.5 Å². The van der Waals surface area contributed by atoms with Gasteiger partial charge in [0, 0.05) is 12.6 Å². The molecule has 0 aromatic heterocycles. The van der Waals surface area contributed by atoms with Crippen LogP contribution >= 0.6 is 0 Å². The van der Waals surface area contributed by atoms with Crippen molar-refractivity contribution < 1.29 is 14.6 Å². The Hall–Kier alpha value is -0.610. The molecule has 0 aromatic rings. The summed E-state index contributed by atoms with van der Waals surface area (Å²) in [7, 11) is 0. The molecule has 0 amide bonds. The first-order valence-corrected chi connectivity index (χ1v) is 8.07.